The minimum absolute atomic E-state index is 0.347. The van der Waals surface area contributed by atoms with E-state index in [9.17, 15) is 13.9 Å². The molecule has 0 spiro atoms. The number of unbranched alkanes of at least 4 members (excludes halogenated alkanes) is 1. The van der Waals surface area contributed by atoms with Gasteiger partial charge in [0.25, 0.3) is 0 Å². The standard InChI is InChI=1S/C17H17BrF2O/c18-12-2-1-11-17(21,13-3-7-15(19)8-4-13)14-5-9-16(20)10-6-14/h3-10,21H,1-2,11-12H2. The Morgan fingerprint density at radius 3 is 1.62 bits per heavy atom. The van der Waals surface area contributed by atoms with Crippen LogP contribution in [0.1, 0.15) is 30.4 Å². The Hall–Kier alpha value is -1.26. The molecule has 1 N–H and O–H groups in total. The van der Waals surface area contributed by atoms with Crippen LogP contribution in [0.3, 0.4) is 0 Å². The number of hydrogen-bond acceptors (Lipinski definition) is 1. The molecule has 1 nitrogen and oxygen atoms in total. The van der Waals surface area contributed by atoms with Crippen LogP contribution in [-0.2, 0) is 5.60 Å². The highest BCUT2D eigenvalue weighted by atomic mass is 79.9. The molecule has 0 fully saturated rings. The minimum atomic E-state index is -1.23. The molecule has 0 heterocycles. The quantitative estimate of drug-likeness (QED) is 0.585. The predicted molar refractivity (Wildman–Crippen MR) is 83.4 cm³/mol. The second kappa shape index (κ2) is 7.14. The van der Waals surface area contributed by atoms with Crippen LogP contribution in [0.5, 0.6) is 0 Å². The number of aliphatic hydroxyl groups is 1. The molecular weight excluding hydrogens is 338 g/mol. The summed E-state index contributed by atoms with van der Waals surface area (Å²) in [6, 6.07) is 11.6. The molecular formula is C17H17BrF2O. The van der Waals surface area contributed by atoms with Gasteiger partial charge in [0.15, 0.2) is 0 Å². The van der Waals surface area contributed by atoms with Crippen LogP contribution >= 0.6 is 15.9 Å². The molecule has 0 aromatic heterocycles. The Morgan fingerprint density at radius 2 is 1.24 bits per heavy atom. The normalized spacial score (nSPS) is 11.6. The third-order valence-corrected chi connectivity index (χ3v) is 4.13. The van der Waals surface area contributed by atoms with Gasteiger partial charge in [0.2, 0.25) is 0 Å². The van der Waals surface area contributed by atoms with Gasteiger partial charge in [-0.15, -0.1) is 0 Å². The van der Waals surface area contributed by atoms with E-state index in [-0.39, 0.29) is 11.6 Å². The molecule has 112 valence electrons. The van der Waals surface area contributed by atoms with E-state index in [4.69, 9.17) is 0 Å². The molecule has 2 aromatic carbocycles. The van der Waals surface area contributed by atoms with Crippen LogP contribution < -0.4 is 0 Å². The van der Waals surface area contributed by atoms with Gasteiger partial charge in [-0.25, -0.2) is 8.78 Å². The van der Waals surface area contributed by atoms with Gasteiger partial charge in [0.1, 0.15) is 17.2 Å². The largest absolute Gasteiger partial charge is 0.380 e. The Labute approximate surface area is 131 Å². The minimum Gasteiger partial charge on any atom is -0.380 e. The van der Waals surface area contributed by atoms with Gasteiger partial charge in [0.05, 0.1) is 0 Å². The summed E-state index contributed by atoms with van der Waals surface area (Å²) in [6.45, 7) is 0. The zero-order valence-electron chi connectivity index (χ0n) is 11.5. The lowest BCUT2D eigenvalue weighted by Gasteiger charge is -2.29. The molecule has 0 atom stereocenters. The first-order valence-corrected chi connectivity index (χ1v) is 7.99. The maximum absolute atomic E-state index is 13.1. The SMILES string of the molecule is OC(CCCCBr)(c1ccc(F)cc1)c1ccc(F)cc1. The maximum atomic E-state index is 13.1. The van der Waals surface area contributed by atoms with Crippen molar-refractivity contribution in [3.05, 3.63) is 71.3 Å². The lowest BCUT2D eigenvalue weighted by Crippen LogP contribution is -2.27. The van der Waals surface area contributed by atoms with E-state index in [1.54, 1.807) is 24.3 Å². The van der Waals surface area contributed by atoms with Crippen LogP contribution in [0.4, 0.5) is 8.78 Å². The van der Waals surface area contributed by atoms with Crippen molar-refractivity contribution >= 4 is 15.9 Å². The molecule has 21 heavy (non-hydrogen) atoms. The summed E-state index contributed by atoms with van der Waals surface area (Å²) in [6.07, 6.45) is 2.22. The summed E-state index contributed by atoms with van der Waals surface area (Å²) < 4.78 is 26.2. The van der Waals surface area contributed by atoms with Crippen LogP contribution in [0.15, 0.2) is 48.5 Å². The summed E-state index contributed by atoms with van der Waals surface area (Å²) in [5.74, 6) is -0.693. The number of alkyl halides is 1. The van der Waals surface area contributed by atoms with Crippen molar-refractivity contribution in [2.45, 2.75) is 24.9 Å². The van der Waals surface area contributed by atoms with E-state index in [0.717, 1.165) is 18.2 Å². The zero-order chi connectivity index (χ0) is 15.3. The first-order chi connectivity index (χ1) is 10.1. The molecule has 0 saturated heterocycles. The van der Waals surface area contributed by atoms with Crippen LogP contribution in [0.25, 0.3) is 0 Å². The van der Waals surface area contributed by atoms with Crippen molar-refractivity contribution in [2.24, 2.45) is 0 Å². The second-order valence-electron chi connectivity index (χ2n) is 5.02. The Balaban J connectivity index is 2.37. The first-order valence-electron chi connectivity index (χ1n) is 6.87. The van der Waals surface area contributed by atoms with Crippen LogP contribution in [0.2, 0.25) is 0 Å². The number of halogens is 3. The fourth-order valence-corrected chi connectivity index (χ4v) is 2.78. The molecule has 0 aliphatic heterocycles. The molecule has 0 radical (unpaired) electrons. The third-order valence-electron chi connectivity index (χ3n) is 3.57. The molecule has 0 saturated carbocycles. The lowest BCUT2D eigenvalue weighted by molar-refractivity contribution is 0.0684. The summed E-state index contributed by atoms with van der Waals surface area (Å²) >= 11 is 3.37. The van der Waals surface area contributed by atoms with Gasteiger partial charge in [-0.2, -0.15) is 0 Å². The molecule has 2 rings (SSSR count). The maximum Gasteiger partial charge on any atom is 0.123 e. The van der Waals surface area contributed by atoms with Crippen molar-refractivity contribution in [1.82, 2.24) is 0 Å². The monoisotopic (exact) mass is 354 g/mol. The summed E-state index contributed by atoms with van der Waals surface area (Å²) in [4.78, 5) is 0. The van der Waals surface area contributed by atoms with E-state index in [1.165, 1.54) is 24.3 Å². The predicted octanol–water partition coefficient (Wildman–Crippen LogP) is 4.77. The Bertz CT molecular complexity index is 521. The molecule has 0 aliphatic rings. The van der Waals surface area contributed by atoms with E-state index in [2.05, 4.69) is 15.9 Å². The molecule has 0 aliphatic carbocycles. The van der Waals surface area contributed by atoms with Crippen molar-refractivity contribution in [3.8, 4) is 0 Å². The summed E-state index contributed by atoms with van der Waals surface area (Å²) in [7, 11) is 0. The van der Waals surface area contributed by atoms with E-state index in [0.29, 0.717) is 17.5 Å². The van der Waals surface area contributed by atoms with E-state index in [1.807, 2.05) is 0 Å². The molecule has 4 heteroatoms. The fourth-order valence-electron chi connectivity index (χ4n) is 2.38. The zero-order valence-corrected chi connectivity index (χ0v) is 13.1. The highest BCUT2D eigenvalue weighted by Crippen LogP contribution is 2.34. The van der Waals surface area contributed by atoms with Crippen molar-refractivity contribution in [1.29, 1.82) is 0 Å². The Morgan fingerprint density at radius 1 is 0.810 bits per heavy atom. The van der Waals surface area contributed by atoms with Gasteiger partial charge < -0.3 is 5.11 Å². The molecule has 0 amide bonds. The highest BCUT2D eigenvalue weighted by Gasteiger charge is 2.31. The second-order valence-corrected chi connectivity index (χ2v) is 5.81. The number of rotatable bonds is 6. The van der Waals surface area contributed by atoms with Crippen molar-refractivity contribution in [2.75, 3.05) is 5.33 Å². The number of hydrogen-bond donors (Lipinski definition) is 1. The van der Waals surface area contributed by atoms with Crippen LogP contribution in [0, 0.1) is 11.6 Å². The molecule has 2 aromatic rings. The number of benzene rings is 2. The molecule has 0 unspecified atom stereocenters. The average Bonchev–Trinajstić information content (AvgIpc) is 2.48. The smallest absolute Gasteiger partial charge is 0.123 e. The van der Waals surface area contributed by atoms with Gasteiger partial charge in [-0.3, -0.25) is 0 Å². The summed E-state index contributed by atoms with van der Waals surface area (Å²) in [5.41, 5.74) is -0.000939. The van der Waals surface area contributed by atoms with E-state index >= 15 is 0 Å². The first kappa shape index (κ1) is 16.1. The highest BCUT2D eigenvalue weighted by molar-refractivity contribution is 9.09. The van der Waals surface area contributed by atoms with Crippen molar-refractivity contribution < 1.29 is 13.9 Å². The van der Waals surface area contributed by atoms with Gasteiger partial charge in [-0.05, 0) is 54.7 Å². The van der Waals surface area contributed by atoms with E-state index < -0.39 is 5.60 Å². The lowest BCUT2D eigenvalue weighted by atomic mass is 9.82. The topological polar surface area (TPSA) is 20.2 Å². The fraction of sp³-hybridized carbons (Fsp3) is 0.294. The van der Waals surface area contributed by atoms with Gasteiger partial charge in [0, 0.05) is 5.33 Å². The van der Waals surface area contributed by atoms with Crippen LogP contribution in [-0.4, -0.2) is 10.4 Å². The third kappa shape index (κ3) is 3.89. The van der Waals surface area contributed by atoms with Crippen molar-refractivity contribution in [3.63, 3.8) is 0 Å². The Kier molecular flexibility index (Phi) is 5.48. The summed E-state index contributed by atoms with van der Waals surface area (Å²) in [5, 5.41) is 12.0. The van der Waals surface area contributed by atoms with Gasteiger partial charge in [-0.1, -0.05) is 40.2 Å². The average molecular weight is 355 g/mol. The van der Waals surface area contributed by atoms with Gasteiger partial charge >= 0.3 is 0 Å². The molecule has 0 bridgehead atoms.